The van der Waals surface area contributed by atoms with Crippen molar-refractivity contribution >= 4 is 29.3 Å². The number of aromatic nitrogens is 2. The van der Waals surface area contributed by atoms with Gasteiger partial charge >= 0.3 is 5.97 Å². The van der Waals surface area contributed by atoms with Gasteiger partial charge in [0, 0.05) is 28.9 Å². The van der Waals surface area contributed by atoms with Crippen LogP contribution in [-0.2, 0) is 13.0 Å². The van der Waals surface area contributed by atoms with Gasteiger partial charge in [-0.2, -0.15) is 0 Å². The quantitative estimate of drug-likeness (QED) is 0.502. The monoisotopic (exact) mass is 405 g/mol. The molecule has 0 aliphatic rings. The number of hydrogen-bond donors (Lipinski definition) is 4. The molecule has 0 saturated carbocycles. The van der Waals surface area contributed by atoms with Crippen LogP contribution in [0, 0.1) is 0 Å². The summed E-state index contributed by atoms with van der Waals surface area (Å²) in [5, 5.41) is 20.5. The van der Waals surface area contributed by atoms with E-state index in [1.54, 1.807) is 6.92 Å². The summed E-state index contributed by atoms with van der Waals surface area (Å²) in [6.07, 6.45) is 0.382. The number of pyridine rings is 1. The number of H-pyrrole nitrogens is 2. The van der Waals surface area contributed by atoms with Crippen molar-refractivity contribution in [3.8, 4) is 17.0 Å². The first-order chi connectivity index (χ1) is 12.8. The lowest BCUT2D eigenvalue weighted by molar-refractivity contribution is 0.0691. The van der Waals surface area contributed by atoms with Crippen molar-refractivity contribution < 1.29 is 15.0 Å². The largest absolute Gasteiger partial charge is 0.506 e. The van der Waals surface area contributed by atoms with Crippen molar-refractivity contribution in [2.75, 3.05) is 13.6 Å². The number of nitrogens with one attached hydrogen (secondary N) is 2. The molecule has 0 saturated heterocycles. The van der Waals surface area contributed by atoms with Gasteiger partial charge in [-0.1, -0.05) is 26.0 Å². The summed E-state index contributed by atoms with van der Waals surface area (Å²) < 4.78 is 0. The summed E-state index contributed by atoms with van der Waals surface area (Å²) in [5.74, 6) is -1.92. The van der Waals surface area contributed by atoms with Crippen LogP contribution in [0.25, 0.3) is 22.2 Å². The number of carbonyl (C=O) groups is 1. The molecule has 0 unspecified atom stereocenters. The van der Waals surface area contributed by atoms with Crippen molar-refractivity contribution in [2.45, 2.75) is 26.8 Å². The molecular weight excluding hydrogens is 382 g/mol. The third-order valence-corrected chi connectivity index (χ3v) is 4.80. The predicted octanol–water partition coefficient (Wildman–Crippen LogP) is 3.36. The number of nitrogens with zero attached hydrogens (tertiary/aromatic N) is 1. The lowest BCUT2D eigenvalue weighted by Gasteiger charge is -2.12. The van der Waals surface area contributed by atoms with Crippen LogP contribution in [0.5, 0.6) is 5.75 Å². The molecule has 3 aromatic rings. The highest BCUT2D eigenvalue weighted by atomic mass is 35.5. The van der Waals surface area contributed by atoms with E-state index in [9.17, 15) is 19.8 Å². The Kier molecular flexibility index (Phi) is 6.53. The maximum Gasteiger partial charge on any atom is 0.345 e. The first-order valence-corrected chi connectivity index (χ1v) is 8.87. The normalized spacial score (nSPS) is 11.0. The third kappa shape index (κ3) is 3.90. The first-order valence-electron chi connectivity index (χ1n) is 8.87. The van der Waals surface area contributed by atoms with Gasteiger partial charge in [-0.05, 0) is 37.5 Å². The minimum Gasteiger partial charge on any atom is -0.506 e. The highest BCUT2D eigenvalue weighted by Crippen LogP contribution is 2.31. The molecule has 0 radical (unpaired) electrons. The number of halogens is 1. The Morgan fingerprint density at radius 1 is 1.18 bits per heavy atom. The standard InChI is InChI=1S/C20H23N3O4.ClH/c1-4-14-17(22-19(25)16(18(14)24)20(26)27)12-7-6-11-8-13(10-23(3)5-2)21-15(11)9-12;/h6-9,21H,4-5,10H2,1-3H3,(H,26,27)(H2,22,24,25);1H. The van der Waals surface area contributed by atoms with Crippen molar-refractivity contribution in [1.29, 1.82) is 0 Å². The molecule has 0 fully saturated rings. The SMILES string of the molecule is CCc1c(-c2ccc3cc(CN(C)CC)[nH]c3c2)[nH]c(=O)c(C(=O)O)c1O.Cl. The lowest BCUT2D eigenvalue weighted by atomic mass is 10.00. The van der Waals surface area contributed by atoms with Gasteiger partial charge in [0.2, 0.25) is 0 Å². The molecule has 2 aromatic heterocycles. The van der Waals surface area contributed by atoms with Crippen molar-refractivity contribution in [1.82, 2.24) is 14.9 Å². The van der Waals surface area contributed by atoms with Gasteiger partial charge in [0.05, 0.1) is 5.69 Å². The summed E-state index contributed by atoms with van der Waals surface area (Å²) in [4.78, 5) is 31.6. The minimum absolute atomic E-state index is 0. The van der Waals surface area contributed by atoms with Crippen LogP contribution < -0.4 is 5.56 Å². The van der Waals surface area contributed by atoms with E-state index in [-0.39, 0.29) is 12.4 Å². The zero-order valence-electron chi connectivity index (χ0n) is 16.0. The highest BCUT2D eigenvalue weighted by Gasteiger charge is 2.22. The Bertz CT molecular complexity index is 1070. The number of benzene rings is 1. The van der Waals surface area contributed by atoms with E-state index in [4.69, 9.17) is 0 Å². The molecule has 3 rings (SSSR count). The van der Waals surface area contributed by atoms with Gasteiger partial charge in [0.1, 0.15) is 5.75 Å². The second-order valence-corrected chi connectivity index (χ2v) is 6.62. The van der Waals surface area contributed by atoms with Gasteiger partial charge in [-0.15, -0.1) is 12.4 Å². The van der Waals surface area contributed by atoms with Crippen LogP contribution in [-0.4, -0.2) is 44.6 Å². The maximum atomic E-state index is 12.2. The van der Waals surface area contributed by atoms with Crippen LogP contribution in [0.2, 0.25) is 0 Å². The van der Waals surface area contributed by atoms with Gasteiger partial charge in [0.25, 0.3) is 5.56 Å². The molecular formula is C20H24ClN3O4. The van der Waals surface area contributed by atoms with Gasteiger partial charge in [-0.3, -0.25) is 4.79 Å². The Balaban J connectivity index is 0.00000280. The Hall–Kier alpha value is -2.77. The molecule has 0 amide bonds. The fraction of sp³-hybridized carbons (Fsp3) is 0.300. The number of carboxylic acids is 1. The van der Waals surface area contributed by atoms with Crippen LogP contribution >= 0.6 is 12.4 Å². The zero-order valence-corrected chi connectivity index (χ0v) is 16.8. The molecule has 8 heteroatoms. The average Bonchev–Trinajstić information content (AvgIpc) is 3.02. The summed E-state index contributed by atoms with van der Waals surface area (Å²) in [5.41, 5.74) is 2.11. The van der Waals surface area contributed by atoms with Crippen LogP contribution in [0.4, 0.5) is 0 Å². The molecule has 28 heavy (non-hydrogen) atoms. The number of carboxylic acid groups (broad SMARTS) is 1. The topological polar surface area (TPSA) is 109 Å². The average molecular weight is 406 g/mol. The minimum atomic E-state index is -1.44. The maximum absolute atomic E-state index is 12.2. The number of aromatic hydroxyl groups is 1. The molecule has 2 heterocycles. The van der Waals surface area contributed by atoms with E-state index >= 15 is 0 Å². The van der Waals surface area contributed by atoms with Crippen LogP contribution in [0.15, 0.2) is 29.1 Å². The smallest absolute Gasteiger partial charge is 0.345 e. The molecule has 0 atom stereocenters. The highest BCUT2D eigenvalue weighted by molar-refractivity contribution is 5.92. The Morgan fingerprint density at radius 3 is 2.50 bits per heavy atom. The molecule has 0 aliphatic carbocycles. The number of fused-ring (bicyclic) bond motifs is 1. The molecule has 7 nitrogen and oxygen atoms in total. The summed E-state index contributed by atoms with van der Waals surface area (Å²) in [6.45, 7) is 5.63. The summed E-state index contributed by atoms with van der Waals surface area (Å²) in [6, 6.07) is 7.78. The van der Waals surface area contributed by atoms with Crippen LogP contribution in [0.3, 0.4) is 0 Å². The van der Waals surface area contributed by atoms with Gasteiger partial charge in [-0.25, -0.2) is 4.79 Å². The number of rotatable bonds is 6. The Morgan fingerprint density at radius 2 is 1.89 bits per heavy atom. The van der Waals surface area contributed by atoms with E-state index in [1.807, 2.05) is 25.2 Å². The zero-order chi connectivity index (χ0) is 19.7. The van der Waals surface area contributed by atoms with E-state index in [2.05, 4.69) is 27.9 Å². The molecule has 0 aliphatic heterocycles. The van der Waals surface area contributed by atoms with E-state index < -0.39 is 22.8 Å². The summed E-state index contributed by atoms with van der Waals surface area (Å²) >= 11 is 0. The van der Waals surface area contributed by atoms with E-state index in [0.29, 0.717) is 23.2 Å². The lowest BCUT2D eigenvalue weighted by Crippen LogP contribution is -2.20. The van der Waals surface area contributed by atoms with Crippen molar-refractivity contribution in [3.63, 3.8) is 0 Å². The number of aromatic amines is 2. The second-order valence-electron chi connectivity index (χ2n) is 6.62. The summed E-state index contributed by atoms with van der Waals surface area (Å²) in [7, 11) is 2.04. The van der Waals surface area contributed by atoms with Crippen molar-refractivity contribution in [3.05, 3.63) is 51.4 Å². The van der Waals surface area contributed by atoms with Crippen molar-refractivity contribution in [2.24, 2.45) is 0 Å². The molecule has 150 valence electrons. The molecule has 0 bridgehead atoms. The van der Waals surface area contributed by atoms with Gasteiger partial charge < -0.3 is 25.1 Å². The predicted molar refractivity (Wildman–Crippen MR) is 112 cm³/mol. The molecule has 4 N–H and O–H groups in total. The van der Waals surface area contributed by atoms with Gasteiger partial charge in [0.15, 0.2) is 5.56 Å². The van der Waals surface area contributed by atoms with E-state index in [0.717, 1.165) is 29.7 Å². The molecule has 0 spiro atoms. The Labute approximate surface area is 168 Å². The fourth-order valence-corrected chi connectivity index (χ4v) is 3.25. The number of hydrogen-bond acceptors (Lipinski definition) is 4. The first kappa shape index (κ1) is 21.5. The third-order valence-electron chi connectivity index (χ3n) is 4.80. The number of aromatic carboxylic acids is 1. The van der Waals surface area contributed by atoms with E-state index in [1.165, 1.54) is 0 Å². The molecule has 1 aromatic carbocycles. The van der Waals surface area contributed by atoms with Crippen LogP contribution in [0.1, 0.15) is 35.5 Å². The fourth-order valence-electron chi connectivity index (χ4n) is 3.25. The second kappa shape index (κ2) is 8.50.